The number of ether oxygens (including phenoxy) is 2. The average Bonchev–Trinajstić information content (AvgIpc) is 2.49. The van der Waals surface area contributed by atoms with E-state index in [1.165, 1.54) is 0 Å². The fourth-order valence-electron chi connectivity index (χ4n) is 1.52. The van der Waals surface area contributed by atoms with Crippen LogP contribution >= 0.6 is 15.9 Å². The Morgan fingerprint density at radius 2 is 1.95 bits per heavy atom. The smallest absolute Gasteiger partial charge is 0.118 e. The molecule has 3 nitrogen and oxygen atoms in total. The summed E-state index contributed by atoms with van der Waals surface area (Å²) < 4.78 is 11.5. The zero-order valence-electron chi connectivity index (χ0n) is 11.1. The lowest BCUT2D eigenvalue weighted by Gasteiger charge is -2.02. The first kappa shape index (κ1) is 14.6. The lowest BCUT2D eigenvalue weighted by atomic mass is 10.2. The van der Waals surface area contributed by atoms with Crippen LogP contribution in [0.2, 0.25) is 0 Å². The van der Waals surface area contributed by atoms with Gasteiger partial charge in [0.1, 0.15) is 18.1 Å². The molecule has 0 bridgehead atoms. The topological polar surface area (TPSA) is 31.4 Å². The summed E-state index contributed by atoms with van der Waals surface area (Å²) in [5.41, 5.74) is 1.83. The molecule has 0 unspecified atom stereocenters. The van der Waals surface area contributed by atoms with Crippen LogP contribution in [0.4, 0.5) is 0 Å². The second-order valence-electron chi connectivity index (χ2n) is 4.00. The minimum absolute atomic E-state index is 0.379. The molecule has 102 valence electrons. The monoisotopic (exact) mass is 331 g/mol. The zero-order valence-corrected chi connectivity index (χ0v) is 12.7. The molecule has 0 radical (unpaired) electrons. The highest BCUT2D eigenvalue weighted by Gasteiger charge is 1.94. The number of hydrogen-bond acceptors (Lipinski definition) is 3. The van der Waals surface area contributed by atoms with Gasteiger partial charge in [0, 0.05) is 10.7 Å². The molecule has 4 heteroatoms. The number of aromatic nitrogens is 1. The van der Waals surface area contributed by atoms with Gasteiger partial charge in [-0.3, -0.25) is 0 Å². The van der Waals surface area contributed by atoms with Gasteiger partial charge in [0.25, 0.3) is 0 Å². The van der Waals surface area contributed by atoms with E-state index in [1.54, 1.807) is 13.3 Å². The van der Waals surface area contributed by atoms with Crippen molar-refractivity contribution in [2.24, 2.45) is 0 Å². The van der Waals surface area contributed by atoms with Crippen LogP contribution in [0.1, 0.15) is 11.3 Å². The Hall–Kier alpha value is -1.83. The van der Waals surface area contributed by atoms with E-state index >= 15 is 0 Å². The van der Waals surface area contributed by atoms with E-state index in [9.17, 15) is 0 Å². The summed E-state index contributed by atoms with van der Waals surface area (Å²) in [6.07, 6.45) is 1.72. The van der Waals surface area contributed by atoms with Crippen LogP contribution in [-0.2, 0) is 11.3 Å². The lowest BCUT2D eigenvalue weighted by molar-refractivity contribution is 0.153. The van der Waals surface area contributed by atoms with Gasteiger partial charge < -0.3 is 9.47 Å². The molecule has 20 heavy (non-hydrogen) atoms. The Bertz CT molecular complexity index is 597. The van der Waals surface area contributed by atoms with Crippen LogP contribution in [0, 0.1) is 11.8 Å². The molecular formula is C16H14BrNO2. The van der Waals surface area contributed by atoms with Crippen LogP contribution in [0.5, 0.6) is 5.75 Å². The first-order valence-corrected chi connectivity index (χ1v) is 6.88. The van der Waals surface area contributed by atoms with Gasteiger partial charge in [-0.2, -0.15) is 0 Å². The molecule has 0 fully saturated rings. The average molecular weight is 332 g/mol. The summed E-state index contributed by atoms with van der Waals surface area (Å²) in [7, 11) is 1.65. The number of pyridine rings is 1. The second-order valence-corrected chi connectivity index (χ2v) is 4.92. The van der Waals surface area contributed by atoms with Crippen molar-refractivity contribution < 1.29 is 9.47 Å². The molecule has 2 aromatic rings. The number of rotatable bonds is 4. The van der Waals surface area contributed by atoms with Crippen LogP contribution in [0.3, 0.4) is 0 Å². The number of benzene rings is 1. The first-order valence-electron chi connectivity index (χ1n) is 6.09. The van der Waals surface area contributed by atoms with E-state index in [-0.39, 0.29) is 0 Å². The predicted molar refractivity (Wildman–Crippen MR) is 81.5 cm³/mol. The van der Waals surface area contributed by atoms with Gasteiger partial charge in [0.05, 0.1) is 13.7 Å². The van der Waals surface area contributed by atoms with Gasteiger partial charge in [0.2, 0.25) is 0 Å². The molecule has 1 aromatic carbocycles. The number of methoxy groups -OCH3 is 1. The Morgan fingerprint density at radius 3 is 2.60 bits per heavy atom. The maximum absolute atomic E-state index is 5.49. The minimum atomic E-state index is 0.379. The largest absolute Gasteiger partial charge is 0.497 e. The third-order valence-corrected chi connectivity index (χ3v) is 3.01. The van der Waals surface area contributed by atoms with Crippen molar-refractivity contribution >= 4 is 15.9 Å². The summed E-state index contributed by atoms with van der Waals surface area (Å²) in [5, 5.41) is 0. The van der Waals surface area contributed by atoms with E-state index in [0.29, 0.717) is 13.2 Å². The summed E-state index contributed by atoms with van der Waals surface area (Å²) in [5.74, 6) is 6.73. The number of halogens is 1. The quantitative estimate of drug-likeness (QED) is 0.635. The Morgan fingerprint density at radius 1 is 1.15 bits per heavy atom. The van der Waals surface area contributed by atoms with Crippen molar-refractivity contribution in [3.05, 3.63) is 58.3 Å². The maximum Gasteiger partial charge on any atom is 0.118 e. The fourth-order valence-corrected chi connectivity index (χ4v) is 1.75. The molecule has 0 saturated carbocycles. The van der Waals surface area contributed by atoms with E-state index in [0.717, 1.165) is 21.5 Å². The van der Waals surface area contributed by atoms with E-state index in [4.69, 9.17) is 9.47 Å². The van der Waals surface area contributed by atoms with Crippen LogP contribution in [0.25, 0.3) is 0 Å². The third kappa shape index (κ3) is 4.69. The normalized spacial score (nSPS) is 9.70. The summed E-state index contributed by atoms with van der Waals surface area (Å²) >= 11 is 3.33. The highest BCUT2D eigenvalue weighted by Crippen LogP contribution is 2.11. The van der Waals surface area contributed by atoms with Crippen LogP contribution < -0.4 is 4.74 Å². The van der Waals surface area contributed by atoms with Crippen molar-refractivity contribution in [2.45, 2.75) is 6.61 Å². The van der Waals surface area contributed by atoms with Crippen molar-refractivity contribution in [1.29, 1.82) is 0 Å². The molecule has 2 rings (SSSR count). The van der Waals surface area contributed by atoms with Gasteiger partial charge in [-0.1, -0.05) is 18.1 Å². The molecule has 0 aliphatic heterocycles. The van der Waals surface area contributed by atoms with Crippen molar-refractivity contribution in [3.8, 4) is 17.6 Å². The lowest BCUT2D eigenvalue weighted by Crippen LogP contribution is -1.93. The van der Waals surface area contributed by atoms with Crippen molar-refractivity contribution in [1.82, 2.24) is 4.98 Å². The van der Waals surface area contributed by atoms with E-state index in [1.807, 2.05) is 36.4 Å². The summed E-state index contributed by atoms with van der Waals surface area (Å²) in [4.78, 5) is 4.16. The standard InChI is InChI=1S/C16H14BrNO2/c1-19-16-8-4-13(5-9-16)12-20-10-2-3-15-7-6-14(17)11-18-15/h4-9,11H,10,12H2,1H3. The molecule has 0 aliphatic rings. The summed E-state index contributed by atoms with van der Waals surface area (Å²) in [6.45, 7) is 0.913. The zero-order chi connectivity index (χ0) is 14.2. The maximum atomic E-state index is 5.49. The number of nitrogens with zero attached hydrogens (tertiary/aromatic N) is 1. The Kier molecular flexibility index (Phi) is 5.60. The van der Waals surface area contributed by atoms with Gasteiger partial charge in [0.15, 0.2) is 0 Å². The van der Waals surface area contributed by atoms with Gasteiger partial charge in [-0.25, -0.2) is 4.98 Å². The highest BCUT2D eigenvalue weighted by atomic mass is 79.9. The molecule has 0 amide bonds. The Balaban J connectivity index is 1.77. The van der Waals surface area contributed by atoms with Gasteiger partial charge >= 0.3 is 0 Å². The third-order valence-electron chi connectivity index (χ3n) is 2.55. The number of hydrogen-bond donors (Lipinski definition) is 0. The second kappa shape index (κ2) is 7.68. The van der Waals surface area contributed by atoms with Crippen molar-refractivity contribution in [3.63, 3.8) is 0 Å². The molecule has 1 heterocycles. The molecule has 0 atom stereocenters. The molecule has 0 saturated heterocycles. The first-order chi connectivity index (χ1) is 9.78. The van der Waals surface area contributed by atoms with E-state index in [2.05, 4.69) is 32.8 Å². The highest BCUT2D eigenvalue weighted by molar-refractivity contribution is 9.10. The molecule has 0 spiro atoms. The van der Waals surface area contributed by atoms with Gasteiger partial charge in [-0.15, -0.1) is 0 Å². The van der Waals surface area contributed by atoms with Crippen LogP contribution in [-0.4, -0.2) is 18.7 Å². The SMILES string of the molecule is COc1ccc(COCC#Cc2ccc(Br)cn2)cc1. The van der Waals surface area contributed by atoms with Crippen LogP contribution in [0.15, 0.2) is 47.1 Å². The predicted octanol–water partition coefficient (Wildman–Crippen LogP) is 3.42. The van der Waals surface area contributed by atoms with E-state index < -0.39 is 0 Å². The molecule has 0 aliphatic carbocycles. The fraction of sp³-hybridized carbons (Fsp3) is 0.188. The van der Waals surface area contributed by atoms with Crippen molar-refractivity contribution in [2.75, 3.05) is 13.7 Å². The van der Waals surface area contributed by atoms with Gasteiger partial charge in [-0.05, 0) is 51.7 Å². The minimum Gasteiger partial charge on any atom is -0.497 e. The molecule has 1 aromatic heterocycles. The molecule has 0 N–H and O–H groups in total. The summed E-state index contributed by atoms with van der Waals surface area (Å²) in [6, 6.07) is 11.5. The Labute approximate surface area is 127 Å². The molecular weight excluding hydrogens is 318 g/mol.